The van der Waals surface area contributed by atoms with E-state index in [0.29, 0.717) is 12.8 Å². The Morgan fingerprint density at radius 3 is 3.36 bits per heavy atom. The minimum Gasteiger partial charge on any atom is -0.493 e. The zero-order valence-corrected chi connectivity index (χ0v) is 12.0. The number of piperidine rings is 1. The SMILES string of the molecule is [2H]C([2H])([2H])Oc1ccc2c3c1OC1C(=O)CC[C@@H]4[C@@]31CCN(C([2H])([2H])[2H])[C@]4([2H])C2. The van der Waals surface area contributed by atoms with E-state index in [0.717, 1.165) is 11.1 Å². The Morgan fingerprint density at radius 1 is 1.55 bits per heavy atom. The maximum Gasteiger partial charge on any atom is 0.174 e. The number of carbonyl (C=O) groups is 1. The maximum absolute atomic E-state index is 12.8. The molecule has 116 valence electrons. The number of hydrogen-bond donors (Lipinski definition) is 0. The fraction of sp³-hybridized carbons (Fsp3) is 0.611. The number of likely N-dealkylation sites (tertiary alicyclic amines) is 1. The number of nitrogens with zero attached hydrogens (tertiary/aromatic N) is 1. The Hall–Kier alpha value is -1.55. The number of ether oxygens (including phenoxy) is 2. The van der Waals surface area contributed by atoms with Gasteiger partial charge >= 0.3 is 0 Å². The van der Waals surface area contributed by atoms with E-state index in [4.69, 9.17) is 17.7 Å². The molecular formula is C18H21NO3. The normalized spacial score (nSPS) is 47.6. The first-order valence-corrected chi connectivity index (χ1v) is 7.70. The molecule has 2 aliphatic heterocycles. The van der Waals surface area contributed by atoms with Crippen LogP contribution in [0, 0.1) is 5.92 Å². The quantitative estimate of drug-likeness (QED) is 0.795. The number of ketones is 1. The first-order chi connectivity index (χ1) is 13.4. The predicted octanol–water partition coefficient (Wildman–Crippen LogP) is 1.93. The molecule has 0 N–H and O–H groups in total. The van der Waals surface area contributed by atoms with Gasteiger partial charge in [0.15, 0.2) is 23.4 Å². The van der Waals surface area contributed by atoms with Crippen LogP contribution in [-0.4, -0.2) is 43.4 Å². The van der Waals surface area contributed by atoms with Gasteiger partial charge in [0.1, 0.15) is 0 Å². The first-order valence-electron chi connectivity index (χ1n) is 11.2. The molecule has 4 aliphatic rings. The van der Waals surface area contributed by atoms with Crippen molar-refractivity contribution in [3.8, 4) is 11.5 Å². The molecule has 1 unspecified atom stereocenters. The lowest BCUT2D eigenvalue weighted by atomic mass is 9.52. The van der Waals surface area contributed by atoms with Crippen molar-refractivity contribution in [2.45, 2.75) is 43.2 Å². The second-order valence-corrected chi connectivity index (χ2v) is 6.69. The van der Waals surface area contributed by atoms with Crippen LogP contribution in [0.4, 0.5) is 0 Å². The van der Waals surface area contributed by atoms with Crippen LogP contribution in [0.5, 0.6) is 11.5 Å². The summed E-state index contributed by atoms with van der Waals surface area (Å²) >= 11 is 0. The van der Waals surface area contributed by atoms with Crippen LogP contribution in [0.3, 0.4) is 0 Å². The molecule has 0 radical (unpaired) electrons. The first kappa shape index (κ1) is 7.82. The molecule has 1 aromatic carbocycles. The number of rotatable bonds is 1. The van der Waals surface area contributed by atoms with Gasteiger partial charge in [-0.25, -0.2) is 0 Å². The third-order valence-corrected chi connectivity index (χ3v) is 5.95. The largest absolute Gasteiger partial charge is 0.493 e. The average molecular weight is 306 g/mol. The van der Waals surface area contributed by atoms with Gasteiger partial charge in [0.25, 0.3) is 0 Å². The molecule has 4 nitrogen and oxygen atoms in total. The van der Waals surface area contributed by atoms with E-state index in [9.17, 15) is 6.17 Å². The summed E-state index contributed by atoms with van der Waals surface area (Å²) < 4.78 is 66.7. The molecule has 1 saturated heterocycles. The molecule has 5 rings (SSSR count). The fourth-order valence-electron chi connectivity index (χ4n) is 5.14. The van der Waals surface area contributed by atoms with Gasteiger partial charge in [0, 0.05) is 28.9 Å². The number of methoxy groups -OCH3 is 1. The maximum atomic E-state index is 12.8. The van der Waals surface area contributed by atoms with E-state index in [2.05, 4.69) is 0 Å². The van der Waals surface area contributed by atoms with Crippen LogP contribution in [0.15, 0.2) is 12.1 Å². The topological polar surface area (TPSA) is 38.8 Å². The number of carbonyl (C=O) groups excluding carboxylic acids is 1. The molecule has 4 heteroatoms. The van der Waals surface area contributed by atoms with Crippen molar-refractivity contribution in [3.05, 3.63) is 23.3 Å². The number of Topliss-reactive ketones (excluding diaryl/α,β-unsaturated/α-hetero) is 1. The molecule has 1 aromatic rings. The van der Waals surface area contributed by atoms with Crippen LogP contribution in [0.25, 0.3) is 0 Å². The Bertz CT molecular complexity index is 914. The zero-order valence-electron chi connectivity index (χ0n) is 19.0. The summed E-state index contributed by atoms with van der Waals surface area (Å²) in [4.78, 5) is 14.1. The lowest BCUT2D eigenvalue weighted by Crippen LogP contribution is -2.65. The van der Waals surface area contributed by atoms with Crippen molar-refractivity contribution in [1.29, 1.82) is 0 Å². The highest BCUT2D eigenvalue weighted by molar-refractivity contribution is 5.89. The van der Waals surface area contributed by atoms with E-state index in [-0.39, 0.29) is 36.7 Å². The summed E-state index contributed by atoms with van der Waals surface area (Å²) in [6.45, 7) is -2.27. The van der Waals surface area contributed by atoms with Gasteiger partial charge < -0.3 is 14.4 Å². The van der Waals surface area contributed by atoms with E-state index < -0.39 is 37.5 Å². The predicted molar refractivity (Wildman–Crippen MR) is 81.6 cm³/mol. The third-order valence-electron chi connectivity index (χ3n) is 5.95. The Labute approximate surface area is 140 Å². The molecular weight excluding hydrogens is 278 g/mol. The second kappa shape index (κ2) is 4.05. The minimum atomic E-state index is -2.67. The van der Waals surface area contributed by atoms with Crippen LogP contribution < -0.4 is 9.47 Å². The molecule has 2 bridgehead atoms. The van der Waals surface area contributed by atoms with Crippen LogP contribution in [-0.2, 0) is 16.6 Å². The van der Waals surface area contributed by atoms with Crippen LogP contribution in [0.1, 0.15) is 40.0 Å². The zero-order chi connectivity index (χ0) is 21.0. The van der Waals surface area contributed by atoms with E-state index in [1.165, 1.54) is 11.0 Å². The molecule has 0 aromatic heterocycles. The summed E-state index contributed by atoms with van der Waals surface area (Å²) in [5.74, 6) is -0.151. The summed E-state index contributed by atoms with van der Waals surface area (Å²) in [6, 6.07) is 1.79. The monoisotopic (exact) mass is 306 g/mol. The van der Waals surface area contributed by atoms with Gasteiger partial charge in [-0.2, -0.15) is 0 Å². The Balaban J connectivity index is 1.74. The summed E-state index contributed by atoms with van der Waals surface area (Å²) in [6.07, 6.45) is 0.340. The second-order valence-electron chi connectivity index (χ2n) is 6.69. The van der Waals surface area contributed by atoms with Gasteiger partial charge in [-0.15, -0.1) is 0 Å². The van der Waals surface area contributed by atoms with E-state index in [1.807, 2.05) is 0 Å². The third kappa shape index (κ3) is 1.27. The molecule has 2 fully saturated rings. The average Bonchev–Trinajstić information content (AvgIpc) is 2.91. The van der Waals surface area contributed by atoms with Gasteiger partial charge in [0.2, 0.25) is 0 Å². The van der Waals surface area contributed by atoms with E-state index >= 15 is 0 Å². The Morgan fingerprint density at radius 2 is 2.50 bits per heavy atom. The molecule has 4 atom stereocenters. The lowest BCUT2D eigenvalue weighted by molar-refractivity contribution is -0.138. The molecule has 2 aliphatic carbocycles. The summed E-state index contributed by atoms with van der Waals surface area (Å²) in [7, 11) is -2.67. The standard InChI is InChI=1S/C18H21NO3/c1-19-8-7-18-11-4-5-13(20)17(18)22-16-14(21-2)6-3-10(15(16)18)9-12(11)19/h3,6,11-12,17H,4-5,7-9H2,1-2H3/t11-,12+,17?,18-/m0/s1/i1D3,2D3,12D. The van der Waals surface area contributed by atoms with Gasteiger partial charge in [-0.05, 0) is 50.3 Å². The number of hydrogen-bond acceptors (Lipinski definition) is 4. The van der Waals surface area contributed by atoms with Crippen molar-refractivity contribution in [2.75, 3.05) is 20.6 Å². The van der Waals surface area contributed by atoms with Crippen LogP contribution >= 0.6 is 0 Å². The van der Waals surface area contributed by atoms with Crippen molar-refractivity contribution in [2.24, 2.45) is 5.92 Å². The highest BCUT2D eigenvalue weighted by Gasteiger charge is 2.65. The van der Waals surface area contributed by atoms with Crippen molar-refractivity contribution in [1.82, 2.24) is 4.90 Å². The highest BCUT2D eigenvalue weighted by atomic mass is 16.5. The van der Waals surface area contributed by atoms with Crippen LogP contribution in [0.2, 0.25) is 0 Å². The van der Waals surface area contributed by atoms with Gasteiger partial charge in [0.05, 0.1) is 11.2 Å². The highest BCUT2D eigenvalue weighted by Crippen LogP contribution is 2.62. The fourth-order valence-corrected chi connectivity index (χ4v) is 5.14. The van der Waals surface area contributed by atoms with E-state index in [1.54, 1.807) is 6.07 Å². The molecule has 2 heterocycles. The molecule has 1 saturated carbocycles. The summed E-state index contributed by atoms with van der Waals surface area (Å²) in [5, 5.41) is 0. The molecule has 0 amide bonds. The number of likely N-dealkylation sites (N-methyl/N-ethyl adjacent to an activating group) is 1. The van der Waals surface area contributed by atoms with Crippen molar-refractivity contribution >= 4 is 5.78 Å². The Kier molecular flexibility index (Phi) is 1.44. The van der Waals surface area contributed by atoms with Crippen molar-refractivity contribution in [3.63, 3.8) is 0 Å². The number of benzene rings is 1. The summed E-state index contributed by atoms with van der Waals surface area (Å²) in [5.41, 5.74) is 0.668. The lowest BCUT2D eigenvalue weighted by Gasteiger charge is -2.57. The smallest absolute Gasteiger partial charge is 0.174 e. The van der Waals surface area contributed by atoms with Gasteiger partial charge in [-0.1, -0.05) is 6.07 Å². The van der Waals surface area contributed by atoms with Crippen molar-refractivity contribution < 1.29 is 23.9 Å². The molecule has 1 spiro atoms. The minimum absolute atomic E-state index is 0.0646. The van der Waals surface area contributed by atoms with Gasteiger partial charge in [-0.3, -0.25) is 4.79 Å². The molecule has 22 heavy (non-hydrogen) atoms.